The quantitative estimate of drug-likeness (QED) is 0.142. The van der Waals surface area contributed by atoms with Gasteiger partial charge in [0.2, 0.25) is 0 Å². The molecule has 0 atom stereocenters. The third-order valence-corrected chi connectivity index (χ3v) is 3.85. The maximum atomic E-state index is 10.6. The molecule has 0 bridgehead atoms. The van der Waals surface area contributed by atoms with Gasteiger partial charge in [0.1, 0.15) is 0 Å². The van der Waals surface area contributed by atoms with E-state index in [2.05, 4.69) is 32.6 Å². The predicted octanol–water partition coefficient (Wildman–Crippen LogP) is 2.01. The molecule has 0 saturated heterocycles. The molecule has 0 heterocycles. The van der Waals surface area contributed by atoms with Crippen molar-refractivity contribution < 1.29 is 49.5 Å². The van der Waals surface area contributed by atoms with Crippen LogP contribution in [0.1, 0.15) is 64.2 Å². The first-order valence-electron chi connectivity index (χ1n) is 8.69. The molecule has 0 aliphatic carbocycles. The fourth-order valence-electron chi connectivity index (χ4n) is 2.05. The van der Waals surface area contributed by atoms with Crippen molar-refractivity contribution in [2.75, 3.05) is 20.6 Å². The molecule has 170 valence electrons. The highest BCUT2D eigenvalue weighted by Gasteiger charge is 2.13. The monoisotopic (exact) mass is 453 g/mol. The number of carbonyl (C=O) groups excluding carboxylic acids is 1. The second kappa shape index (κ2) is 17.0. The summed E-state index contributed by atoms with van der Waals surface area (Å²) in [5.74, 6) is -0.518. The van der Waals surface area contributed by atoms with Crippen molar-refractivity contribution in [2.24, 2.45) is 0 Å². The summed E-state index contributed by atoms with van der Waals surface area (Å²) in [6.45, 7) is 1.20. The molecular formula is C14H31NO11S2. The number of hydrogen-bond acceptors (Lipinski definition) is 10. The van der Waals surface area contributed by atoms with Crippen molar-refractivity contribution in [3.63, 3.8) is 0 Å². The molecule has 0 amide bonds. The van der Waals surface area contributed by atoms with E-state index in [1.165, 1.54) is 51.5 Å². The number of rotatable bonds is 15. The Morgan fingerprint density at radius 1 is 0.750 bits per heavy atom. The van der Waals surface area contributed by atoms with E-state index >= 15 is 0 Å². The Labute approximate surface area is 166 Å². The molecular weight excluding hydrogens is 422 g/mol. The zero-order valence-corrected chi connectivity index (χ0v) is 17.8. The van der Waals surface area contributed by atoms with Crippen LogP contribution in [0.15, 0.2) is 0 Å². The van der Waals surface area contributed by atoms with Gasteiger partial charge in [-0.05, 0) is 33.5 Å². The zero-order valence-electron chi connectivity index (χ0n) is 16.1. The number of unbranched alkanes of at least 4 members (excludes halogenated alkanes) is 8. The van der Waals surface area contributed by atoms with Gasteiger partial charge in [0, 0.05) is 6.42 Å². The number of nitrogens with zero attached hydrogens (tertiary/aromatic N) is 1. The lowest BCUT2D eigenvalue weighted by Crippen LogP contribution is -2.12. The molecule has 0 aliphatic heterocycles. The van der Waals surface area contributed by atoms with Crippen LogP contribution in [0, 0.1) is 0 Å². The predicted molar refractivity (Wildman–Crippen MR) is 98.7 cm³/mol. The van der Waals surface area contributed by atoms with Crippen LogP contribution in [0.25, 0.3) is 0 Å². The van der Waals surface area contributed by atoms with Crippen LogP contribution in [-0.4, -0.2) is 62.7 Å². The summed E-state index contributed by atoms with van der Waals surface area (Å²) in [6, 6.07) is 0. The average Bonchev–Trinajstić information content (AvgIpc) is 2.57. The van der Waals surface area contributed by atoms with E-state index in [0.717, 1.165) is 12.8 Å². The van der Waals surface area contributed by atoms with Gasteiger partial charge >= 0.3 is 26.8 Å². The Kier molecular flexibility index (Phi) is 17.8. The lowest BCUT2D eigenvalue weighted by Gasteiger charge is -2.08. The van der Waals surface area contributed by atoms with Crippen LogP contribution in [0.4, 0.5) is 0 Å². The minimum absolute atomic E-state index is 0.334. The summed E-state index contributed by atoms with van der Waals surface area (Å²) in [7, 11) is -5.80. The minimum Gasteiger partial charge on any atom is -0.309 e. The first-order chi connectivity index (χ1) is 12.9. The molecule has 0 rings (SSSR count). The van der Waals surface area contributed by atoms with E-state index in [0.29, 0.717) is 6.42 Å². The van der Waals surface area contributed by atoms with Crippen LogP contribution >= 0.6 is 0 Å². The fourth-order valence-corrected chi connectivity index (χ4v) is 2.61. The minimum atomic E-state index is -5.02. The second-order valence-electron chi connectivity index (χ2n) is 6.19. The van der Waals surface area contributed by atoms with E-state index in [1.54, 1.807) is 0 Å². The van der Waals surface area contributed by atoms with Crippen molar-refractivity contribution >= 4 is 26.8 Å². The molecule has 0 aromatic rings. The maximum absolute atomic E-state index is 10.6. The molecule has 0 aliphatic rings. The Bertz CT molecular complexity index is 558. The molecule has 0 aromatic carbocycles. The Morgan fingerprint density at radius 3 is 1.43 bits per heavy atom. The largest absolute Gasteiger partial charge is 0.425 e. The maximum Gasteiger partial charge on any atom is 0.425 e. The van der Waals surface area contributed by atoms with Gasteiger partial charge in [-0.15, -0.1) is 0 Å². The molecule has 0 spiro atoms. The van der Waals surface area contributed by atoms with E-state index < -0.39 is 26.8 Å². The third-order valence-electron chi connectivity index (χ3n) is 3.29. The molecule has 14 heteroatoms. The second-order valence-corrected chi connectivity index (χ2v) is 8.17. The highest BCUT2D eigenvalue weighted by Crippen LogP contribution is 2.10. The highest BCUT2D eigenvalue weighted by atomic mass is 32.3. The summed E-state index contributed by atoms with van der Waals surface area (Å²) in [5.41, 5.74) is 0. The lowest BCUT2D eigenvalue weighted by atomic mass is 10.1. The van der Waals surface area contributed by atoms with Crippen molar-refractivity contribution in [2.45, 2.75) is 64.2 Å². The first kappa shape index (κ1) is 29.3. The van der Waals surface area contributed by atoms with Crippen molar-refractivity contribution in [3.8, 4) is 0 Å². The Hall–Kier alpha value is -0.870. The molecule has 0 saturated carbocycles. The van der Waals surface area contributed by atoms with E-state index in [9.17, 15) is 21.6 Å². The van der Waals surface area contributed by atoms with E-state index in [-0.39, 0.29) is 0 Å². The standard InChI is InChI=1S/C14H29NO3.H2O8S2/c1-15(2)13-11-9-7-5-3-4-6-8-10-12-14(16)18-17;1-9(2,3)7-8-10(4,5)6/h17H,3-13H2,1-2H3;(H,1,2,3)(H,4,5,6). The van der Waals surface area contributed by atoms with E-state index in [1.807, 2.05) is 0 Å². The van der Waals surface area contributed by atoms with Crippen LogP contribution in [0.3, 0.4) is 0 Å². The van der Waals surface area contributed by atoms with Crippen LogP contribution in [0.2, 0.25) is 0 Å². The van der Waals surface area contributed by atoms with Crippen molar-refractivity contribution in [3.05, 3.63) is 0 Å². The summed E-state index contributed by atoms with van der Waals surface area (Å²) >= 11 is 0. The molecule has 3 N–H and O–H groups in total. The summed E-state index contributed by atoms with van der Waals surface area (Å²) in [4.78, 5) is 16.5. The average molecular weight is 454 g/mol. The fraction of sp³-hybridized carbons (Fsp3) is 0.929. The first-order valence-corrected chi connectivity index (χ1v) is 11.4. The van der Waals surface area contributed by atoms with Gasteiger partial charge in [0.05, 0.1) is 0 Å². The smallest absolute Gasteiger partial charge is 0.309 e. The van der Waals surface area contributed by atoms with Crippen LogP contribution < -0.4 is 0 Å². The van der Waals surface area contributed by atoms with Crippen LogP contribution in [0.5, 0.6) is 0 Å². The molecule has 12 nitrogen and oxygen atoms in total. The Balaban J connectivity index is 0. The van der Waals surface area contributed by atoms with Crippen molar-refractivity contribution in [1.82, 2.24) is 4.90 Å². The summed E-state index contributed by atoms with van der Waals surface area (Å²) < 4.78 is 58.9. The van der Waals surface area contributed by atoms with Gasteiger partial charge in [-0.2, -0.15) is 22.1 Å². The third kappa shape index (κ3) is 29.9. The highest BCUT2D eigenvalue weighted by molar-refractivity contribution is 7.83. The van der Waals surface area contributed by atoms with Crippen molar-refractivity contribution in [1.29, 1.82) is 0 Å². The van der Waals surface area contributed by atoms with Crippen LogP contribution in [-0.2, 0) is 39.1 Å². The molecule has 0 fully saturated rings. The van der Waals surface area contributed by atoms with Gasteiger partial charge in [-0.25, -0.2) is 4.79 Å². The molecule has 0 unspecified atom stereocenters. The summed E-state index contributed by atoms with van der Waals surface area (Å²) in [5, 5.41) is 8.06. The molecule has 0 aromatic heterocycles. The normalized spacial score (nSPS) is 11.8. The van der Waals surface area contributed by atoms with Gasteiger partial charge in [0.15, 0.2) is 0 Å². The van der Waals surface area contributed by atoms with Gasteiger partial charge in [-0.3, -0.25) is 9.11 Å². The topological polar surface area (TPSA) is 177 Å². The van der Waals surface area contributed by atoms with E-state index in [4.69, 9.17) is 14.4 Å². The zero-order chi connectivity index (χ0) is 22.1. The van der Waals surface area contributed by atoms with Gasteiger partial charge < -0.3 is 9.79 Å². The van der Waals surface area contributed by atoms with Gasteiger partial charge in [0.25, 0.3) is 0 Å². The molecule has 0 radical (unpaired) electrons. The lowest BCUT2D eigenvalue weighted by molar-refractivity contribution is -0.234. The number of carbonyl (C=O) groups is 1. The number of hydrogen-bond donors (Lipinski definition) is 3. The Morgan fingerprint density at radius 2 is 1.11 bits per heavy atom. The van der Waals surface area contributed by atoms with Gasteiger partial charge in [-0.1, -0.05) is 53.6 Å². The molecule has 28 heavy (non-hydrogen) atoms. The summed E-state index contributed by atoms with van der Waals surface area (Å²) in [6.07, 6.45) is 11.2. The SMILES string of the molecule is CN(C)CCCCCCCCCCCC(=O)OO.O=S(=O)(O)OOS(=O)(=O)O.